The van der Waals surface area contributed by atoms with Crippen LogP contribution in [0, 0.1) is 0 Å². The van der Waals surface area contributed by atoms with E-state index in [0.29, 0.717) is 24.5 Å². The van der Waals surface area contributed by atoms with E-state index in [9.17, 15) is 14.7 Å². The molecule has 166 valence electrons. The Kier molecular flexibility index (Phi) is 6.54. The summed E-state index contributed by atoms with van der Waals surface area (Å²) in [6, 6.07) is 22.0. The number of amides is 1. The Bertz CT molecular complexity index is 1250. The van der Waals surface area contributed by atoms with Crippen LogP contribution in [0.5, 0.6) is 0 Å². The molecule has 4 rings (SSSR count). The molecule has 0 saturated carbocycles. The molecular formula is C25H23N5O3. The number of carbonyl (C=O) groups is 2. The number of H-pyrrole nitrogens is 1. The Morgan fingerprint density at radius 3 is 2.33 bits per heavy atom. The number of aromatic carboxylic acids is 1. The van der Waals surface area contributed by atoms with Crippen molar-refractivity contribution in [1.82, 2.24) is 25.5 Å². The SMILES string of the molecule is CCCN(Cc1ccc(-c2ccccc2-c2nn[nH]n2)cc1)C(=O)c1cccc(C(=O)O)c1. The van der Waals surface area contributed by atoms with Crippen LogP contribution in [-0.2, 0) is 6.54 Å². The normalized spacial score (nSPS) is 10.7. The first-order chi connectivity index (χ1) is 16.1. The van der Waals surface area contributed by atoms with Crippen LogP contribution in [0.3, 0.4) is 0 Å². The number of hydrogen-bond acceptors (Lipinski definition) is 5. The zero-order valence-corrected chi connectivity index (χ0v) is 18.1. The molecule has 0 radical (unpaired) electrons. The van der Waals surface area contributed by atoms with Gasteiger partial charge in [-0.1, -0.05) is 61.5 Å². The lowest BCUT2D eigenvalue weighted by atomic mass is 9.98. The van der Waals surface area contributed by atoms with Crippen molar-refractivity contribution in [2.24, 2.45) is 0 Å². The van der Waals surface area contributed by atoms with Gasteiger partial charge >= 0.3 is 5.97 Å². The minimum Gasteiger partial charge on any atom is -0.478 e. The highest BCUT2D eigenvalue weighted by Gasteiger charge is 2.17. The Hall–Kier alpha value is -4.33. The molecule has 0 aliphatic carbocycles. The van der Waals surface area contributed by atoms with Crippen LogP contribution >= 0.6 is 0 Å². The van der Waals surface area contributed by atoms with Crippen molar-refractivity contribution in [2.45, 2.75) is 19.9 Å². The number of carboxylic acids is 1. The highest BCUT2D eigenvalue weighted by molar-refractivity contribution is 5.97. The smallest absolute Gasteiger partial charge is 0.335 e. The molecular weight excluding hydrogens is 418 g/mol. The number of carboxylic acid groups (broad SMARTS) is 1. The first-order valence-electron chi connectivity index (χ1n) is 10.6. The Morgan fingerprint density at radius 1 is 0.939 bits per heavy atom. The summed E-state index contributed by atoms with van der Waals surface area (Å²) in [5.74, 6) is -0.715. The summed E-state index contributed by atoms with van der Waals surface area (Å²) in [5, 5.41) is 23.5. The van der Waals surface area contributed by atoms with E-state index in [2.05, 4.69) is 20.6 Å². The Labute approximate surface area is 190 Å². The third kappa shape index (κ3) is 4.95. The van der Waals surface area contributed by atoms with Gasteiger partial charge in [-0.2, -0.15) is 5.21 Å². The molecule has 0 spiro atoms. The van der Waals surface area contributed by atoms with Crippen LogP contribution in [0.2, 0.25) is 0 Å². The van der Waals surface area contributed by atoms with E-state index in [1.807, 2.05) is 55.5 Å². The van der Waals surface area contributed by atoms with Crippen LogP contribution in [0.25, 0.3) is 22.5 Å². The monoisotopic (exact) mass is 441 g/mol. The van der Waals surface area contributed by atoms with Crippen LogP contribution in [0.1, 0.15) is 39.6 Å². The summed E-state index contributed by atoms with van der Waals surface area (Å²) >= 11 is 0. The van der Waals surface area contributed by atoms with Crippen LogP contribution in [0.15, 0.2) is 72.8 Å². The highest BCUT2D eigenvalue weighted by atomic mass is 16.4. The molecule has 8 heteroatoms. The van der Waals surface area contributed by atoms with E-state index in [-0.39, 0.29) is 11.5 Å². The van der Waals surface area contributed by atoms with Gasteiger partial charge in [-0.15, -0.1) is 10.2 Å². The molecule has 33 heavy (non-hydrogen) atoms. The molecule has 0 atom stereocenters. The van der Waals surface area contributed by atoms with Crippen molar-refractivity contribution >= 4 is 11.9 Å². The second kappa shape index (κ2) is 9.86. The van der Waals surface area contributed by atoms with Crippen molar-refractivity contribution in [3.63, 3.8) is 0 Å². The number of nitrogens with one attached hydrogen (secondary N) is 1. The van der Waals surface area contributed by atoms with Gasteiger partial charge in [-0.3, -0.25) is 4.79 Å². The summed E-state index contributed by atoms with van der Waals surface area (Å²) in [7, 11) is 0. The van der Waals surface area contributed by atoms with Gasteiger partial charge in [0.25, 0.3) is 5.91 Å². The van der Waals surface area contributed by atoms with Crippen molar-refractivity contribution < 1.29 is 14.7 Å². The molecule has 1 heterocycles. The predicted molar refractivity (Wildman–Crippen MR) is 123 cm³/mol. The third-order valence-corrected chi connectivity index (χ3v) is 5.29. The van der Waals surface area contributed by atoms with E-state index in [1.54, 1.807) is 17.0 Å². The van der Waals surface area contributed by atoms with Gasteiger partial charge < -0.3 is 10.0 Å². The Balaban J connectivity index is 1.56. The van der Waals surface area contributed by atoms with Gasteiger partial charge in [0, 0.05) is 24.2 Å². The second-order valence-electron chi connectivity index (χ2n) is 7.59. The fourth-order valence-corrected chi connectivity index (χ4v) is 3.71. The minimum absolute atomic E-state index is 0.0990. The highest BCUT2D eigenvalue weighted by Crippen LogP contribution is 2.30. The zero-order valence-electron chi connectivity index (χ0n) is 18.1. The third-order valence-electron chi connectivity index (χ3n) is 5.29. The van der Waals surface area contributed by atoms with E-state index < -0.39 is 5.97 Å². The predicted octanol–water partition coefficient (Wildman–Crippen LogP) is 4.28. The van der Waals surface area contributed by atoms with Crippen molar-refractivity contribution in [3.8, 4) is 22.5 Å². The van der Waals surface area contributed by atoms with Gasteiger partial charge in [-0.25, -0.2) is 4.79 Å². The fourth-order valence-electron chi connectivity index (χ4n) is 3.71. The number of tetrazole rings is 1. The first kappa shape index (κ1) is 21.9. The quantitative estimate of drug-likeness (QED) is 0.422. The van der Waals surface area contributed by atoms with Gasteiger partial charge in [0.15, 0.2) is 0 Å². The van der Waals surface area contributed by atoms with Crippen molar-refractivity contribution in [2.75, 3.05) is 6.54 Å². The number of aromatic amines is 1. The first-order valence-corrected chi connectivity index (χ1v) is 10.6. The molecule has 8 nitrogen and oxygen atoms in total. The number of rotatable bonds is 8. The molecule has 4 aromatic rings. The van der Waals surface area contributed by atoms with Gasteiger partial charge in [0.2, 0.25) is 5.82 Å². The lowest BCUT2D eigenvalue weighted by Crippen LogP contribution is -2.31. The molecule has 0 bridgehead atoms. The zero-order chi connectivity index (χ0) is 23.2. The van der Waals surface area contributed by atoms with Crippen molar-refractivity contribution in [1.29, 1.82) is 0 Å². The lowest BCUT2D eigenvalue weighted by Gasteiger charge is -2.23. The largest absolute Gasteiger partial charge is 0.478 e. The summed E-state index contributed by atoms with van der Waals surface area (Å²) in [6.45, 7) is 3.00. The molecule has 0 unspecified atom stereocenters. The van der Waals surface area contributed by atoms with Gasteiger partial charge in [0.1, 0.15) is 0 Å². The standard InChI is InChI=1S/C25H23N5O3/c1-2-14-30(24(31)19-6-5-7-20(15-19)25(32)33)16-17-10-12-18(13-11-17)21-8-3-4-9-22(21)23-26-28-29-27-23/h3-13,15H,2,14,16H2,1H3,(H,32,33)(H,26,27,28,29). The maximum absolute atomic E-state index is 13.1. The number of benzene rings is 3. The average Bonchev–Trinajstić information content (AvgIpc) is 3.39. The summed E-state index contributed by atoms with van der Waals surface area (Å²) < 4.78 is 0. The molecule has 1 amide bonds. The molecule has 1 aromatic heterocycles. The summed E-state index contributed by atoms with van der Waals surface area (Å²) in [4.78, 5) is 26.1. The van der Waals surface area contributed by atoms with Crippen LogP contribution in [0.4, 0.5) is 0 Å². The molecule has 2 N–H and O–H groups in total. The Morgan fingerprint density at radius 2 is 1.67 bits per heavy atom. The van der Waals surface area contributed by atoms with Crippen LogP contribution in [-0.4, -0.2) is 49.1 Å². The maximum atomic E-state index is 13.1. The molecule has 0 fully saturated rings. The van der Waals surface area contributed by atoms with Gasteiger partial charge in [-0.05, 0) is 46.5 Å². The molecule has 0 saturated heterocycles. The summed E-state index contributed by atoms with van der Waals surface area (Å²) in [6.07, 6.45) is 0.792. The molecule has 0 aliphatic heterocycles. The van der Waals surface area contributed by atoms with E-state index >= 15 is 0 Å². The van der Waals surface area contributed by atoms with E-state index in [4.69, 9.17) is 0 Å². The molecule has 0 aliphatic rings. The van der Waals surface area contributed by atoms with E-state index in [1.165, 1.54) is 12.1 Å². The summed E-state index contributed by atoms with van der Waals surface area (Å²) in [5.41, 5.74) is 4.31. The maximum Gasteiger partial charge on any atom is 0.335 e. The number of hydrogen-bond donors (Lipinski definition) is 2. The fraction of sp³-hybridized carbons (Fsp3) is 0.160. The molecule has 3 aromatic carbocycles. The second-order valence-corrected chi connectivity index (χ2v) is 7.59. The number of nitrogens with zero attached hydrogens (tertiary/aromatic N) is 4. The van der Waals surface area contributed by atoms with Crippen LogP contribution < -0.4 is 0 Å². The van der Waals surface area contributed by atoms with Gasteiger partial charge in [0.05, 0.1) is 5.56 Å². The number of carbonyl (C=O) groups excluding carboxylic acids is 1. The van der Waals surface area contributed by atoms with E-state index in [0.717, 1.165) is 28.7 Å². The topological polar surface area (TPSA) is 112 Å². The number of aromatic nitrogens is 4. The minimum atomic E-state index is -1.05. The van der Waals surface area contributed by atoms with Crippen molar-refractivity contribution in [3.05, 3.63) is 89.5 Å². The lowest BCUT2D eigenvalue weighted by molar-refractivity contribution is 0.0697. The average molecular weight is 441 g/mol.